The van der Waals surface area contributed by atoms with Gasteiger partial charge in [-0.3, -0.25) is 14.7 Å². The van der Waals surface area contributed by atoms with Crippen molar-refractivity contribution in [2.75, 3.05) is 11.9 Å². The van der Waals surface area contributed by atoms with Crippen LogP contribution in [-0.4, -0.2) is 28.6 Å². The molecule has 7 nitrogen and oxygen atoms in total. The molecule has 2 heterocycles. The highest BCUT2D eigenvalue weighted by Gasteiger charge is 2.17. The normalized spacial score (nSPS) is 13.1. The number of carbonyl (C=O) groups is 2. The molecule has 1 aromatic carbocycles. The summed E-state index contributed by atoms with van der Waals surface area (Å²) in [5.41, 5.74) is 2.82. The van der Waals surface area contributed by atoms with Crippen molar-refractivity contribution in [3.05, 3.63) is 41.2 Å². The Labute approximate surface area is 120 Å². The number of aryl methyl sites for hydroxylation is 1. The van der Waals surface area contributed by atoms with Crippen molar-refractivity contribution in [2.24, 2.45) is 0 Å². The van der Waals surface area contributed by atoms with Gasteiger partial charge >= 0.3 is 0 Å². The Morgan fingerprint density at radius 3 is 3.10 bits per heavy atom. The van der Waals surface area contributed by atoms with Crippen molar-refractivity contribution in [2.45, 2.75) is 13.5 Å². The number of carbonyl (C=O) groups excluding carboxylic acids is 2. The van der Waals surface area contributed by atoms with Crippen molar-refractivity contribution in [1.82, 2.24) is 15.5 Å². The number of nitrogens with zero attached hydrogens (tertiary/aromatic N) is 1. The summed E-state index contributed by atoms with van der Waals surface area (Å²) in [6.07, 6.45) is 1.68. The molecular weight excluding hydrogens is 272 g/mol. The number of amides is 2. The van der Waals surface area contributed by atoms with E-state index in [2.05, 4.69) is 20.8 Å². The van der Waals surface area contributed by atoms with Crippen LogP contribution in [0.5, 0.6) is 5.75 Å². The van der Waals surface area contributed by atoms with Crippen molar-refractivity contribution in [3.63, 3.8) is 0 Å². The van der Waals surface area contributed by atoms with Crippen LogP contribution in [0.4, 0.5) is 5.69 Å². The maximum atomic E-state index is 12.1. The Bertz CT molecular complexity index is 708. The number of aromatic amines is 1. The number of aromatic nitrogens is 2. The third-order valence-corrected chi connectivity index (χ3v) is 3.25. The quantitative estimate of drug-likeness (QED) is 0.783. The maximum Gasteiger partial charge on any atom is 0.262 e. The Hall–Kier alpha value is -2.83. The first-order valence-electron chi connectivity index (χ1n) is 6.47. The van der Waals surface area contributed by atoms with Gasteiger partial charge in [0.25, 0.3) is 11.8 Å². The van der Waals surface area contributed by atoms with E-state index in [0.29, 0.717) is 23.5 Å². The lowest BCUT2D eigenvalue weighted by Crippen LogP contribution is -2.27. The first kappa shape index (κ1) is 13.2. The van der Waals surface area contributed by atoms with Crippen LogP contribution in [0, 0.1) is 6.92 Å². The molecule has 108 valence electrons. The topological polar surface area (TPSA) is 96.1 Å². The maximum absolute atomic E-state index is 12.1. The highest BCUT2D eigenvalue weighted by atomic mass is 16.5. The second kappa shape index (κ2) is 5.28. The number of hydrogen-bond acceptors (Lipinski definition) is 4. The van der Waals surface area contributed by atoms with Gasteiger partial charge in [-0.2, -0.15) is 5.10 Å². The fourth-order valence-corrected chi connectivity index (χ4v) is 2.06. The van der Waals surface area contributed by atoms with Gasteiger partial charge in [0.05, 0.1) is 11.9 Å². The lowest BCUT2D eigenvalue weighted by molar-refractivity contribution is -0.118. The molecule has 0 spiro atoms. The molecule has 0 aliphatic carbocycles. The molecule has 0 fully saturated rings. The largest absolute Gasteiger partial charge is 0.482 e. The summed E-state index contributed by atoms with van der Waals surface area (Å²) in [6, 6.07) is 4.94. The molecule has 3 N–H and O–H groups in total. The highest BCUT2D eigenvalue weighted by molar-refractivity contribution is 5.99. The van der Waals surface area contributed by atoms with Crippen LogP contribution in [0.2, 0.25) is 0 Å². The molecule has 21 heavy (non-hydrogen) atoms. The Balaban J connectivity index is 1.72. The molecule has 1 aliphatic heterocycles. The van der Waals surface area contributed by atoms with Gasteiger partial charge in [-0.1, -0.05) is 0 Å². The fraction of sp³-hybridized carbons (Fsp3) is 0.214. The van der Waals surface area contributed by atoms with Crippen molar-refractivity contribution < 1.29 is 14.3 Å². The zero-order valence-electron chi connectivity index (χ0n) is 11.4. The number of anilines is 1. The number of nitrogens with one attached hydrogen (secondary N) is 3. The van der Waals surface area contributed by atoms with Gasteiger partial charge < -0.3 is 15.4 Å². The number of hydrogen-bond donors (Lipinski definition) is 3. The molecule has 0 unspecified atom stereocenters. The Kier molecular flexibility index (Phi) is 3.31. The zero-order chi connectivity index (χ0) is 14.8. The van der Waals surface area contributed by atoms with Gasteiger partial charge in [0.2, 0.25) is 0 Å². The zero-order valence-corrected chi connectivity index (χ0v) is 11.4. The van der Waals surface area contributed by atoms with E-state index >= 15 is 0 Å². The summed E-state index contributed by atoms with van der Waals surface area (Å²) in [4.78, 5) is 23.4. The standard InChI is InChI=1S/C14H14N4O3/c1-8-10(6-16-18-8)5-15-14(20)9-2-3-12-11(4-9)17-13(19)7-21-12/h2-4,6H,5,7H2,1H3,(H,15,20)(H,16,18)(H,17,19). The summed E-state index contributed by atoms with van der Waals surface area (Å²) in [6.45, 7) is 2.28. The molecule has 1 aromatic heterocycles. The van der Waals surface area contributed by atoms with E-state index in [-0.39, 0.29) is 18.4 Å². The molecule has 3 rings (SSSR count). The predicted octanol–water partition coefficient (Wildman–Crippen LogP) is 0.979. The SMILES string of the molecule is Cc1[nH]ncc1CNC(=O)c1ccc2c(c1)NC(=O)CO2. The van der Waals surface area contributed by atoms with Crippen molar-refractivity contribution in [1.29, 1.82) is 0 Å². The van der Waals surface area contributed by atoms with E-state index in [1.54, 1.807) is 24.4 Å². The molecule has 0 atom stereocenters. The van der Waals surface area contributed by atoms with E-state index in [9.17, 15) is 9.59 Å². The Morgan fingerprint density at radius 1 is 1.48 bits per heavy atom. The third kappa shape index (κ3) is 2.71. The van der Waals surface area contributed by atoms with Crippen LogP contribution >= 0.6 is 0 Å². The molecule has 0 saturated carbocycles. The fourth-order valence-electron chi connectivity index (χ4n) is 2.06. The van der Waals surface area contributed by atoms with Crippen LogP contribution < -0.4 is 15.4 Å². The van der Waals surface area contributed by atoms with E-state index in [4.69, 9.17) is 4.74 Å². The minimum Gasteiger partial charge on any atom is -0.482 e. The van der Waals surface area contributed by atoms with Gasteiger partial charge in [-0.15, -0.1) is 0 Å². The molecule has 2 aromatic rings. The van der Waals surface area contributed by atoms with Crippen molar-refractivity contribution >= 4 is 17.5 Å². The number of benzene rings is 1. The minimum atomic E-state index is -0.228. The molecule has 2 amide bonds. The third-order valence-electron chi connectivity index (χ3n) is 3.25. The van der Waals surface area contributed by atoms with E-state index < -0.39 is 0 Å². The van der Waals surface area contributed by atoms with Gasteiger partial charge in [-0.05, 0) is 25.1 Å². The first-order chi connectivity index (χ1) is 10.1. The molecule has 7 heteroatoms. The minimum absolute atomic E-state index is 0.00168. The molecule has 0 saturated heterocycles. The summed E-state index contributed by atoms with van der Waals surface area (Å²) >= 11 is 0. The summed E-state index contributed by atoms with van der Waals surface area (Å²) in [5.74, 6) is 0.115. The van der Waals surface area contributed by atoms with Crippen LogP contribution in [-0.2, 0) is 11.3 Å². The smallest absolute Gasteiger partial charge is 0.262 e. The first-order valence-corrected chi connectivity index (χ1v) is 6.47. The van der Waals surface area contributed by atoms with Gasteiger partial charge in [-0.25, -0.2) is 0 Å². The van der Waals surface area contributed by atoms with Crippen LogP contribution in [0.15, 0.2) is 24.4 Å². The molecule has 0 bridgehead atoms. The Morgan fingerprint density at radius 2 is 2.33 bits per heavy atom. The molecule has 1 aliphatic rings. The van der Waals surface area contributed by atoms with E-state index in [0.717, 1.165) is 11.3 Å². The number of rotatable bonds is 3. The second-order valence-electron chi connectivity index (χ2n) is 4.75. The van der Waals surface area contributed by atoms with Crippen molar-refractivity contribution in [3.8, 4) is 5.75 Å². The number of fused-ring (bicyclic) bond motifs is 1. The molecule has 0 radical (unpaired) electrons. The lowest BCUT2D eigenvalue weighted by Gasteiger charge is -2.18. The van der Waals surface area contributed by atoms with Gasteiger partial charge in [0, 0.05) is 23.4 Å². The highest BCUT2D eigenvalue weighted by Crippen LogP contribution is 2.28. The lowest BCUT2D eigenvalue weighted by atomic mass is 10.1. The monoisotopic (exact) mass is 286 g/mol. The summed E-state index contributed by atoms with van der Waals surface area (Å²) in [7, 11) is 0. The second-order valence-corrected chi connectivity index (χ2v) is 4.75. The van der Waals surface area contributed by atoms with Gasteiger partial charge in [0.15, 0.2) is 6.61 Å². The van der Waals surface area contributed by atoms with Crippen LogP contribution in [0.3, 0.4) is 0 Å². The molecular formula is C14H14N4O3. The number of H-pyrrole nitrogens is 1. The van der Waals surface area contributed by atoms with Crippen LogP contribution in [0.1, 0.15) is 21.6 Å². The van der Waals surface area contributed by atoms with E-state index in [1.165, 1.54) is 0 Å². The summed E-state index contributed by atoms with van der Waals surface area (Å²) in [5, 5.41) is 12.2. The average molecular weight is 286 g/mol. The van der Waals surface area contributed by atoms with E-state index in [1.807, 2.05) is 6.92 Å². The summed E-state index contributed by atoms with van der Waals surface area (Å²) < 4.78 is 5.25. The predicted molar refractivity (Wildman–Crippen MR) is 75.1 cm³/mol. The number of ether oxygens (including phenoxy) is 1. The van der Waals surface area contributed by atoms with Crippen LogP contribution in [0.25, 0.3) is 0 Å². The average Bonchev–Trinajstić information content (AvgIpc) is 2.89. The van der Waals surface area contributed by atoms with Gasteiger partial charge in [0.1, 0.15) is 5.75 Å².